The second kappa shape index (κ2) is 4.63. The molecule has 92 valence electrons. The highest BCUT2D eigenvalue weighted by Crippen LogP contribution is 2.26. The monoisotopic (exact) mass is 291 g/mol. The van der Waals surface area contributed by atoms with Crippen LogP contribution in [0.5, 0.6) is 0 Å². The lowest BCUT2D eigenvalue weighted by Gasteiger charge is -2.38. The van der Waals surface area contributed by atoms with Crippen molar-refractivity contribution >= 4 is 21.8 Å². The van der Waals surface area contributed by atoms with Crippen LogP contribution in [0, 0.1) is 5.92 Å². The fraction of sp³-hybridized carbons (Fsp3) is 0.909. The molecule has 0 aromatic carbocycles. The number of rotatable bonds is 2. The Bertz CT molecular complexity index is 272. The molecule has 2 fully saturated rings. The van der Waals surface area contributed by atoms with Crippen molar-refractivity contribution in [3.05, 3.63) is 0 Å². The molecule has 2 heterocycles. The first-order valence-electron chi connectivity index (χ1n) is 5.65. The Kier molecular flexibility index (Phi) is 3.56. The van der Waals surface area contributed by atoms with E-state index in [1.807, 2.05) is 18.7 Å². The third kappa shape index (κ3) is 2.57. The van der Waals surface area contributed by atoms with Crippen molar-refractivity contribution in [2.24, 2.45) is 5.92 Å². The molecule has 2 aliphatic heterocycles. The van der Waals surface area contributed by atoms with Crippen LogP contribution < -0.4 is 0 Å². The molecule has 0 N–H and O–H groups in total. The minimum Gasteiger partial charge on any atom is -0.348 e. The Morgan fingerprint density at radius 1 is 1.44 bits per heavy atom. The maximum absolute atomic E-state index is 11.8. The van der Waals surface area contributed by atoms with E-state index in [2.05, 4.69) is 15.9 Å². The molecule has 0 aromatic heterocycles. The van der Waals surface area contributed by atoms with Gasteiger partial charge in [-0.05, 0) is 19.8 Å². The van der Waals surface area contributed by atoms with Gasteiger partial charge in [0.05, 0.1) is 19.3 Å². The Labute approximate surface area is 104 Å². The fourth-order valence-corrected chi connectivity index (χ4v) is 2.56. The molecule has 0 bridgehead atoms. The number of nitrogens with zero attached hydrogens (tertiary/aromatic N) is 1. The first kappa shape index (κ1) is 12.3. The van der Waals surface area contributed by atoms with Crippen LogP contribution in [0.3, 0.4) is 0 Å². The van der Waals surface area contributed by atoms with Gasteiger partial charge in [0, 0.05) is 18.3 Å². The van der Waals surface area contributed by atoms with Crippen LogP contribution in [0.4, 0.5) is 0 Å². The average molecular weight is 292 g/mol. The van der Waals surface area contributed by atoms with Crippen molar-refractivity contribution in [3.8, 4) is 0 Å². The number of halogens is 1. The van der Waals surface area contributed by atoms with Gasteiger partial charge in [-0.15, -0.1) is 0 Å². The van der Waals surface area contributed by atoms with Crippen LogP contribution in [0.15, 0.2) is 0 Å². The van der Waals surface area contributed by atoms with Gasteiger partial charge >= 0.3 is 0 Å². The van der Waals surface area contributed by atoms with Gasteiger partial charge in [-0.3, -0.25) is 4.79 Å². The van der Waals surface area contributed by atoms with Crippen molar-refractivity contribution < 1.29 is 14.3 Å². The van der Waals surface area contributed by atoms with Gasteiger partial charge in [0.2, 0.25) is 5.91 Å². The second-order valence-electron chi connectivity index (χ2n) is 4.95. The molecule has 0 saturated carbocycles. The van der Waals surface area contributed by atoms with Gasteiger partial charge in [-0.2, -0.15) is 0 Å². The third-order valence-electron chi connectivity index (χ3n) is 3.14. The quantitative estimate of drug-likeness (QED) is 0.722. The van der Waals surface area contributed by atoms with Gasteiger partial charge in [-0.25, -0.2) is 0 Å². The number of carbonyl (C=O) groups excluding carboxylic acids is 1. The highest BCUT2D eigenvalue weighted by molar-refractivity contribution is 9.09. The van der Waals surface area contributed by atoms with Gasteiger partial charge in [0.15, 0.2) is 5.79 Å². The average Bonchev–Trinajstić information content (AvgIpc) is 2.60. The normalized spacial score (nSPS) is 31.1. The van der Waals surface area contributed by atoms with Gasteiger partial charge in [-0.1, -0.05) is 15.9 Å². The van der Waals surface area contributed by atoms with Gasteiger partial charge < -0.3 is 14.4 Å². The van der Waals surface area contributed by atoms with Crippen molar-refractivity contribution in [2.75, 3.05) is 25.1 Å². The highest BCUT2D eigenvalue weighted by Gasteiger charge is 2.38. The molecule has 2 rings (SSSR count). The van der Waals surface area contributed by atoms with E-state index >= 15 is 0 Å². The lowest BCUT2D eigenvalue weighted by molar-refractivity contribution is -0.262. The number of alkyl halides is 1. The number of hydrogen-bond donors (Lipinski definition) is 0. The molecule has 1 unspecified atom stereocenters. The van der Waals surface area contributed by atoms with Gasteiger partial charge in [0.1, 0.15) is 0 Å². The zero-order valence-electron chi connectivity index (χ0n) is 9.74. The number of carbonyl (C=O) groups is 1. The van der Waals surface area contributed by atoms with Crippen LogP contribution in [0.25, 0.3) is 0 Å². The molecule has 0 radical (unpaired) electrons. The first-order chi connectivity index (χ1) is 7.52. The predicted molar refractivity (Wildman–Crippen MR) is 63.4 cm³/mol. The van der Waals surface area contributed by atoms with E-state index in [0.29, 0.717) is 25.6 Å². The summed E-state index contributed by atoms with van der Waals surface area (Å²) in [6, 6.07) is 0.0876. The summed E-state index contributed by atoms with van der Waals surface area (Å²) in [6.45, 7) is 5.77. The van der Waals surface area contributed by atoms with Crippen LogP contribution in [-0.2, 0) is 14.3 Å². The highest BCUT2D eigenvalue weighted by atomic mass is 79.9. The molecule has 1 atom stereocenters. The zero-order chi connectivity index (χ0) is 11.8. The molecule has 2 saturated heterocycles. The van der Waals surface area contributed by atoms with E-state index < -0.39 is 5.79 Å². The lowest BCUT2D eigenvalue weighted by atomic mass is 10.2. The van der Waals surface area contributed by atoms with Crippen molar-refractivity contribution in [2.45, 2.75) is 32.1 Å². The predicted octanol–water partition coefficient (Wildman–Crippen LogP) is 1.38. The maximum Gasteiger partial charge on any atom is 0.223 e. The summed E-state index contributed by atoms with van der Waals surface area (Å²) >= 11 is 3.43. The topological polar surface area (TPSA) is 38.8 Å². The third-order valence-corrected chi connectivity index (χ3v) is 4.06. The summed E-state index contributed by atoms with van der Waals surface area (Å²) in [5.74, 6) is 0.150. The minimum absolute atomic E-state index is 0.0876. The molecule has 2 aliphatic rings. The van der Waals surface area contributed by atoms with Crippen molar-refractivity contribution in [3.63, 3.8) is 0 Å². The smallest absolute Gasteiger partial charge is 0.223 e. The van der Waals surface area contributed by atoms with E-state index in [4.69, 9.17) is 9.47 Å². The maximum atomic E-state index is 11.8. The summed E-state index contributed by atoms with van der Waals surface area (Å²) in [4.78, 5) is 13.7. The standard InChI is InChI=1S/C11H18BrNO3/c1-11(2)15-6-9(7-16-11)13-5-8(4-12)3-10(13)14/h8-9H,3-7H2,1-2H3. The van der Waals surface area contributed by atoms with Gasteiger partial charge in [0.25, 0.3) is 0 Å². The van der Waals surface area contributed by atoms with Crippen molar-refractivity contribution in [1.29, 1.82) is 0 Å². The molecule has 0 spiro atoms. The SMILES string of the molecule is CC1(C)OCC(N2CC(CBr)CC2=O)CO1. The number of amides is 1. The Balaban J connectivity index is 1.92. The van der Waals surface area contributed by atoms with Crippen LogP contribution in [-0.4, -0.2) is 47.7 Å². The number of hydrogen-bond acceptors (Lipinski definition) is 3. The molecule has 1 amide bonds. The molecule has 5 heteroatoms. The molecule has 0 aromatic rings. The molecule has 4 nitrogen and oxygen atoms in total. The minimum atomic E-state index is -0.506. The fourth-order valence-electron chi connectivity index (χ4n) is 2.13. The van der Waals surface area contributed by atoms with E-state index in [1.165, 1.54) is 0 Å². The lowest BCUT2D eigenvalue weighted by Crippen LogP contribution is -2.51. The van der Waals surface area contributed by atoms with Crippen LogP contribution in [0.2, 0.25) is 0 Å². The zero-order valence-corrected chi connectivity index (χ0v) is 11.3. The largest absolute Gasteiger partial charge is 0.348 e. The number of ether oxygens (including phenoxy) is 2. The molecular formula is C11H18BrNO3. The van der Waals surface area contributed by atoms with E-state index in [9.17, 15) is 4.79 Å². The van der Waals surface area contributed by atoms with E-state index in [0.717, 1.165) is 11.9 Å². The molecule has 0 aliphatic carbocycles. The van der Waals surface area contributed by atoms with Crippen molar-refractivity contribution in [1.82, 2.24) is 4.90 Å². The summed E-state index contributed by atoms with van der Waals surface area (Å²) in [5.41, 5.74) is 0. The first-order valence-corrected chi connectivity index (χ1v) is 6.77. The van der Waals surface area contributed by atoms with Crippen LogP contribution in [0.1, 0.15) is 20.3 Å². The second-order valence-corrected chi connectivity index (χ2v) is 5.59. The number of likely N-dealkylation sites (tertiary alicyclic amines) is 1. The van der Waals surface area contributed by atoms with Crippen LogP contribution >= 0.6 is 15.9 Å². The van der Waals surface area contributed by atoms with E-state index in [-0.39, 0.29) is 11.9 Å². The summed E-state index contributed by atoms with van der Waals surface area (Å²) in [7, 11) is 0. The summed E-state index contributed by atoms with van der Waals surface area (Å²) in [6.07, 6.45) is 0.644. The molecular weight excluding hydrogens is 274 g/mol. The summed E-state index contributed by atoms with van der Waals surface area (Å²) < 4.78 is 11.2. The molecule has 16 heavy (non-hydrogen) atoms. The Morgan fingerprint density at radius 2 is 2.06 bits per heavy atom. The van der Waals surface area contributed by atoms with E-state index in [1.54, 1.807) is 0 Å². The summed E-state index contributed by atoms with van der Waals surface area (Å²) in [5, 5.41) is 0.884. The Morgan fingerprint density at radius 3 is 2.56 bits per heavy atom. The Hall–Kier alpha value is -0.130.